The van der Waals surface area contributed by atoms with E-state index >= 15 is 0 Å². The molecule has 0 spiro atoms. The van der Waals surface area contributed by atoms with E-state index in [2.05, 4.69) is 4.98 Å². The average Bonchev–Trinajstić information content (AvgIpc) is 2.72. The van der Waals surface area contributed by atoms with Crippen molar-refractivity contribution in [3.8, 4) is 0 Å². The third kappa shape index (κ3) is 1.85. The van der Waals surface area contributed by atoms with Crippen molar-refractivity contribution < 1.29 is 0 Å². The van der Waals surface area contributed by atoms with Gasteiger partial charge in [-0.2, -0.15) is 0 Å². The van der Waals surface area contributed by atoms with Gasteiger partial charge in [-0.3, -0.25) is 0 Å². The van der Waals surface area contributed by atoms with Crippen molar-refractivity contribution in [1.82, 2.24) is 9.55 Å². The predicted molar refractivity (Wildman–Crippen MR) is 60.9 cm³/mol. The normalized spacial score (nSPS) is 11.2. The number of nitrogen functional groups attached to an aromatic ring is 1. The summed E-state index contributed by atoms with van der Waals surface area (Å²) in [5.41, 5.74) is 7.59. The van der Waals surface area contributed by atoms with Crippen LogP contribution in [0.25, 0.3) is 12.2 Å². The lowest BCUT2D eigenvalue weighted by atomic mass is 10.3. The fourth-order valence-corrected chi connectivity index (χ4v) is 1.73. The molecule has 0 bridgehead atoms. The monoisotopic (exact) mass is 205 g/mol. The van der Waals surface area contributed by atoms with Crippen LogP contribution < -0.4 is 5.73 Å². The molecule has 72 valence electrons. The largest absolute Gasteiger partial charge is 0.375 e. The molecule has 14 heavy (non-hydrogen) atoms. The maximum Gasteiger partial charge on any atom is 0.180 e. The van der Waals surface area contributed by atoms with Crippen molar-refractivity contribution in [3.63, 3.8) is 0 Å². The molecule has 2 rings (SSSR count). The Labute approximate surface area is 86.5 Å². The van der Waals surface area contributed by atoms with Crippen LogP contribution in [0, 0.1) is 0 Å². The molecule has 2 aromatic heterocycles. The van der Waals surface area contributed by atoms with Crippen molar-refractivity contribution >= 4 is 28.6 Å². The third-order valence-electron chi connectivity index (χ3n) is 1.95. The highest BCUT2D eigenvalue weighted by Crippen LogP contribution is 2.13. The van der Waals surface area contributed by atoms with E-state index in [-0.39, 0.29) is 0 Å². The zero-order valence-corrected chi connectivity index (χ0v) is 8.66. The Hall–Kier alpha value is -1.55. The predicted octanol–water partition coefficient (Wildman–Crippen LogP) is 2.23. The van der Waals surface area contributed by atoms with Gasteiger partial charge in [-0.05, 0) is 24.3 Å². The second-order valence-corrected chi connectivity index (χ2v) is 3.88. The summed E-state index contributed by atoms with van der Waals surface area (Å²) in [6.45, 7) is 0. The smallest absolute Gasteiger partial charge is 0.180 e. The SMILES string of the molecule is Cn1cccc1/C=C/c1csc(N)n1. The first kappa shape index (κ1) is 9.02. The zero-order chi connectivity index (χ0) is 9.97. The molecule has 0 fully saturated rings. The summed E-state index contributed by atoms with van der Waals surface area (Å²) >= 11 is 1.45. The van der Waals surface area contributed by atoms with Gasteiger partial charge >= 0.3 is 0 Å². The van der Waals surface area contributed by atoms with E-state index in [1.54, 1.807) is 0 Å². The molecule has 4 heteroatoms. The maximum atomic E-state index is 5.53. The van der Waals surface area contributed by atoms with Crippen molar-refractivity contribution in [3.05, 3.63) is 35.1 Å². The van der Waals surface area contributed by atoms with Crippen LogP contribution in [0.15, 0.2) is 23.7 Å². The Morgan fingerprint density at radius 2 is 2.36 bits per heavy atom. The molecule has 0 aliphatic heterocycles. The Bertz CT molecular complexity index is 453. The Kier molecular flexibility index (Phi) is 2.37. The molecular weight excluding hydrogens is 194 g/mol. The molecule has 0 unspecified atom stereocenters. The van der Waals surface area contributed by atoms with E-state index in [4.69, 9.17) is 5.73 Å². The first-order valence-electron chi connectivity index (χ1n) is 4.26. The second kappa shape index (κ2) is 3.67. The number of hydrogen-bond acceptors (Lipinski definition) is 3. The Morgan fingerprint density at radius 3 is 2.93 bits per heavy atom. The number of thiazole rings is 1. The minimum Gasteiger partial charge on any atom is -0.375 e. The summed E-state index contributed by atoms with van der Waals surface area (Å²) < 4.78 is 2.05. The molecule has 2 N–H and O–H groups in total. The summed E-state index contributed by atoms with van der Waals surface area (Å²) in [5, 5.41) is 2.55. The molecule has 0 atom stereocenters. The number of anilines is 1. The minimum absolute atomic E-state index is 0.608. The fraction of sp³-hybridized carbons (Fsp3) is 0.100. The molecule has 0 aliphatic rings. The van der Waals surface area contributed by atoms with Gasteiger partial charge in [0.25, 0.3) is 0 Å². The number of nitrogens with two attached hydrogens (primary N) is 1. The highest BCUT2D eigenvalue weighted by atomic mass is 32.1. The van der Waals surface area contributed by atoms with Crippen LogP contribution in [0.5, 0.6) is 0 Å². The number of aromatic nitrogens is 2. The Balaban J connectivity index is 2.19. The van der Waals surface area contributed by atoms with E-state index in [1.165, 1.54) is 11.3 Å². The third-order valence-corrected chi connectivity index (χ3v) is 2.64. The van der Waals surface area contributed by atoms with Crippen LogP contribution in [0.4, 0.5) is 5.13 Å². The van der Waals surface area contributed by atoms with Crippen molar-refractivity contribution in [1.29, 1.82) is 0 Å². The molecule has 0 saturated carbocycles. The molecule has 0 amide bonds. The van der Waals surface area contributed by atoms with Gasteiger partial charge in [0.2, 0.25) is 0 Å². The van der Waals surface area contributed by atoms with E-state index in [1.807, 2.05) is 47.5 Å². The van der Waals surface area contributed by atoms with Crippen LogP contribution in [0.2, 0.25) is 0 Å². The van der Waals surface area contributed by atoms with Crippen LogP contribution in [0.3, 0.4) is 0 Å². The molecule has 2 aromatic rings. The van der Waals surface area contributed by atoms with Crippen LogP contribution >= 0.6 is 11.3 Å². The molecular formula is C10H11N3S. The molecule has 0 aromatic carbocycles. The van der Waals surface area contributed by atoms with Gasteiger partial charge in [0.05, 0.1) is 5.69 Å². The summed E-state index contributed by atoms with van der Waals surface area (Å²) in [4.78, 5) is 4.14. The van der Waals surface area contributed by atoms with Crippen molar-refractivity contribution in [2.24, 2.45) is 7.05 Å². The molecule has 2 heterocycles. The lowest BCUT2D eigenvalue weighted by Gasteiger charge is -1.93. The van der Waals surface area contributed by atoms with Gasteiger partial charge in [0, 0.05) is 24.3 Å². The van der Waals surface area contributed by atoms with Crippen molar-refractivity contribution in [2.75, 3.05) is 5.73 Å². The number of nitrogens with zero attached hydrogens (tertiary/aromatic N) is 2. The molecule has 0 aliphatic carbocycles. The van der Waals surface area contributed by atoms with E-state index in [9.17, 15) is 0 Å². The lowest BCUT2D eigenvalue weighted by molar-refractivity contribution is 0.915. The highest BCUT2D eigenvalue weighted by Gasteiger charge is 1.94. The fourth-order valence-electron chi connectivity index (χ4n) is 1.20. The lowest BCUT2D eigenvalue weighted by Crippen LogP contribution is -1.86. The van der Waals surface area contributed by atoms with E-state index in [0.29, 0.717) is 5.13 Å². The number of hydrogen-bond donors (Lipinski definition) is 1. The maximum absolute atomic E-state index is 5.53. The van der Waals surface area contributed by atoms with E-state index < -0.39 is 0 Å². The number of aryl methyl sites for hydroxylation is 1. The van der Waals surface area contributed by atoms with Crippen molar-refractivity contribution in [2.45, 2.75) is 0 Å². The molecule has 0 saturated heterocycles. The van der Waals surface area contributed by atoms with Crippen LogP contribution in [0.1, 0.15) is 11.4 Å². The summed E-state index contributed by atoms with van der Waals surface area (Å²) in [6, 6.07) is 4.06. The average molecular weight is 205 g/mol. The summed E-state index contributed by atoms with van der Waals surface area (Å²) in [6.07, 6.45) is 5.99. The van der Waals surface area contributed by atoms with Gasteiger partial charge in [-0.25, -0.2) is 4.98 Å². The first-order valence-corrected chi connectivity index (χ1v) is 5.14. The standard InChI is InChI=1S/C10H11N3S/c1-13-6-2-3-9(13)5-4-8-7-14-10(11)12-8/h2-7H,1H3,(H2,11,12)/b5-4+. The molecule has 0 radical (unpaired) electrons. The van der Waals surface area contributed by atoms with Crippen LogP contribution in [-0.4, -0.2) is 9.55 Å². The minimum atomic E-state index is 0.608. The Morgan fingerprint density at radius 1 is 1.50 bits per heavy atom. The van der Waals surface area contributed by atoms with Gasteiger partial charge in [0.15, 0.2) is 5.13 Å². The summed E-state index contributed by atoms with van der Waals surface area (Å²) in [5.74, 6) is 0. The molecule has 3 nitrogen and oxygen atoms in total. The van der Waals surface area contributed by atoms with Gasteiger partial charge in [-0.15, -0.1) is 11.3 Å². The zero-order valence-electron chi connectivity index (χ0n) is 7.84. The van der Waals surface area contributed by atoms with Gasteiger partial charge in [-0.1, -0.05) is 0 Å². The highest BCUT2D eigenvalue weighted by molar-refractivity contribution is 7.13. The second-order valence-electron chi connectivity index (χ2n) is 2.99. The van der Waals surface area contributed by atoms with Gasteiger partial charge < -0.3 is 10.3 Å². The van der Waals surface area contributed by atoms with Crippen LogP contribution in [-0.2, 0) is 7.05 Å². The summed E-state index contributed by atoms with van der Waals surface area (Å²) in [7, 11) is 2.01. The topological polar surface area (TPSA) is 43.8 Å². The number of rotatable bonds is 2. The van der Waals surface area contributed by atoms with E-state index in [0.717, 1.165) is 11.4 Å². The van der Waals surface area contributed by atoms with Gasteiger partial charge in [0.1, 0.15) is 0 Å². The first-order chi connectivity index (χ1) is 6.75. The quantitative estimate of drug-likeness (QED) is 0.817.